The summed E-state index contributed by atoms with van der Waals surface area (Å²) in [5, 5.41) is 0. The molecule has 6 aromatic carbocycles. The molecule has 0 spiro atoms. The molecule has 61 heavy (non-hydrogen) atoms. The minimum atomic E-state index is -6.11. The van der Waals surface area contributed by atoms with Crippen molar-refractivity contribution in [3.8, 4) is 44.5 Å². The fourth-order valence-corrected chi connectivity index (χ4v) is 27.1. The molecule has 0 radical (unpaired) electrons. The molecule has 0 bridgehead atoms. The number of halogens is 4. The summed E-state index contributed by atoms with van der Waals surface area (Å²) in [7, 11) is 1.81. The van der Waals surface area contributed by atoms with Gasteiger partial charge in [0.25, 0.3) is 0 Å². The van der Waals surface area contributed by atoms with Crippen LogP contribution in [0.15, 0.2) is 84.9 Å². The molecule has 12 heteroatoms. The molecule has 1 fully saturated rings. The van der Waals surface area contributed by atoms with Crippen LogP contribution in [0.3, 0.4) is 0 Å². The van der Waals surface area contributed by atoms with Gasteiger partial charge in [0.1, 0.15) is 0 Å². The first-order chi connectivity index (χ1) is 28.5. The Bertz CT molecular complexity index is 2470. The molecular formula is C49H50As2ClF3N2O3S. The average molecular weight is 989 g/mol. The zero-order chi connectivity index (χ0) is 44.6. The van der Waals surface area contributed by atoms with E-state index in [9.17, 15) is 21.6 Å². The monoisotopic (exact) mass is 988 g/mol. The first kappa shape index (κ1) is 45.1. The van der Waals surface area contributed by atoms with Crippen molar-refractivity contribution in [2.75, 3.05) is 5.47 Å². The summed E-state index contributed by atoms with van der Waals surface area (Å²) in [6.07, 6.45) is 0. The molecule has 0 saturated carbocycles. The number of para-hydroxylation sites is 2. The van der Waals surface area contributed by atoms with Gasteiger partial charge in [0.05, 0.1) is 0 Å². The predicted molar refractivity (Wildman–Crippen MR) is 250 cm³/mol. The van der Waals surface area contributed by atoms with Gasteiger partial charge in [-0.3, -0.25) is 0 Å². The summed E-state index contributed by atoms with van der Waals surface area (Å²) < 4.78 is 80.5. The molecule has 0 unspecified atom stereocenters. The zero-order valence-electron chi connectivity index (χ0n) is 36.5. The van der Waals surface area contributed by atoms with Gasteiger partial charge in [-0.05, 0) is 0 Å². The number of aryl methyl sites for hydroxylation is 12. The number of hydrogen-bond acceptors (Lipinski definition) is 5. The molecule has 1 heterocycles. The SMILES string of the molecule is Cc1cc(C)c(-c2cccc(-c3c(C)cc(C)cc3C)c2N2[As](Cl)N(c3c(-c4c(C)cc(C)cc4C)cccc3-c3c(C)cc(C)cc3C)[As]2OS(=O)(=O)C(F)(F)F)c(C)c1. The zero-order valence-corrected chi connectivity index (χ0v) is 41.8. The van der Waals surface area contributed by atoms with E-state index in [0.29, 0.717) is 11.4 Å². The Kier molecular flexibility index (Phi) is 12.3. The third kappa shape index (κ3) is 8.11. The van der Waals surface area contributed by atoms with Crippen LogP contribution >= 0.6 is 9.95 Å². The molecule has 1 saturated heterocycles. The van der Waals surface area contributed by atoms with Crippen LogP contribution in [0.5, 0.6) is 0 Å². The topological polar surface area (TPSA) is 49.9 Å². The van der Waals surface area contributed by atoms with Crippen LogP contribution < -0.4 is 5.47 Å². The Morgan fingerprint density at radius 3 is 0.918 bits per heavy atom. The molecule has 0 aliphatic carbocycles. The second-order valence-corrected chi connectivity index (χ2v) is 29.0. The Morgan fingerprint density at radius 2 is 0.705 bits per heavy atom. The second kappa shape index (κ2) is 16.6. The number of nitrogens with zero attached hydrogens (tertiary/aromatic N) is 2. The second-order valence-electron chi connectivity index (χ2n) is 16.5. The van der Waals surface area contributed by atoms with Crippen molar-refractivity contribution in [1.29, 1.82) is 0 Å². The molecule has 0 aromatic heterocycles. The maximum atomic E-state index is 14.7. The Balaban J connectivity index is 1.61. The molecular weight excluding hydrogens is 939 g/mol. The normalized spacial score (nSPS) is 15.7. The third-order valence-corrected chi connectivity index (χ3v) is 29.7. The third-order valence-electron chi connectivity index (χ3n) is 11.3. The molecule has 318 valence electrons. The van der Waals surface area contributed by atoms with Crippen molar-refractivity contribution >= 4 is 61.0 Å². The minimum absolute atomic E-state index is 0.584. The summed E-state index contributed by atoms with van der Waals surface area (Å²) in [5.74, 6) is 0. The van der Waals surface area contributed by atoms with Crippen LogP contribution in [0, 0.1) is 83.1 Å². The van der Waals surface area contributed by atoms with Crippen molar-refractivity contribution in [2.45, 2.75) is 88.6 Å². The first-order valence-electron chi connectivity index (χ1n) is 20.0. The van der Waals surface area contributed by atoms with E-state index in [-0.39, 0.29) is 0 Å². The van der Waals surface area contributed by atoms with Crippen LogP contribution in [0.2, 0.25) is 0 Å². The molecule has 1 aliphatic heterocycles. The number of benzene rings is 6. The fraction of sp³-hybridized carbons (Fsp3) is 0.265. The first-order valence-corrected chi connectivity index (χ1v) is 28.0. The Hall–Kier alpha value is -3.97. The molecule has 6 aromatic rings. The fourth-order valence-electron chi connectivity index (χ4n) is 9.53. The van der Waals surface area contributed by atoms with Gasteiger partial charge in [0.15, 0.2) is 0 Å². The average Bonchev–Trinajstić information content (AvgIpc) is 3.11. The number of alkyl halides is 3. The molecule has 0 amide bonds. The van der Waals surface area contributed by atoms with E-state index in [2.05, 4.69) is 48.5 Å². The van der Waals surface area contributed by atoms with E-state index in [1.54, 1.807) is 5.47 Å². The standard InChI is InChI=1S/C49H50As2ClF3N2O3S/c1-27-19-31(5)43(32(6)20-27)39-15-13-16-40(44-33(7)21-28(2)22-34(44)8)47(39)56-50(52)57(51(56)60-61(58,59)49(53,54)55)48-41(45-35(9)23-29(3)24-36(45)10)17-14-18-42(48)46-37(11)25-30(4)26-38(46)12/h13-26H,1-12H3. The molecule has 1 aliphatic rings. The van der Waals surface area contributed by atoms with Crippen LogP contribution in [0.1, 0.15) is 66.8 Å². The van der Waals surface area contributed by atoms with E-state index >= 15 is 0 Å². The van der Waals surface area contributed by atoms with Crippen LogP contribution in [0.25, 0.3) is 44.5 Å². The van der Waals surface area contributed by atoms with Crippen LogP contribution in [0.4, 0.5) is 24.5 Å². The summed E-state index contributed by atoms with van der Waals surface area (Å²) in [5.41, 5.74) is 14.2. The molecule has 5 nitrogen and oxygen atoms in total. The van der Waals surface area contributed by atoms with E-state index in [0.717, 1.165) is 111 Å². The van der Waals surface area contributed by atoms with Gasteiger partial charge in [-0.1, -0.05) is 0 Å². The Labute approximate surface area is 373 Å². The summed E-state index contributed by atoms with van der Waals surface area (Å²) in [4.78, 5) is 0. The van der Waals surface area contributed by atoms with E-state index in [1.165, 1.54) is 0 Å². The Morgan fingerprint density at radius 1 is 0.475 bits per heavy atom. The van der Waals surface area contributed by atoms with E-state index < -0.39 is 45.2 Å². The van der Waals surface area contributed by atoms with Gasteiger partial charge >= 0.3 is 376 Å². The van der Waals surface area contributed by atoms with Gasteiger partial charge in [-0.2, -0.15) is 0 Å². The summed E-state index contributed by atoms with van der Waals surface area (Å²) in [6.45, 7) is 24.3. The number of hydrogen-bond donors (Lipinski definition) is 0. The van der Waals surface area contributed by atoms with Crippen molar-refractivity contribution in [2.24, 2.45) is 0 Å². The van der Waals surface area contributed by atoms with Crippen molar-refractivity contribution < 1.29 is 24.8 Å². The van der Waals surface area contributed by atoms with E-state index in [1.807, 2.05) is 119 Å². The molecule has 0 N–H and O–H groups in total. The quantitative estimate of drug-likeness (QED) is 0.112. The molecule has 0 atom stereocenters. The van der Waals surface area contributed by atoms with Crippen LogP contribution in [-0.2, 0) is 13.3 Å². The van der Waals surface area contributed by atoms with Gasteiger partial charge in [0.2, 0.25) is 0 Å². The van der Waals surface area contributed by atoms with Crippen molar-refractivity contribution in [3.63, 3.8) is 0 Å². The van der Waals surface area contributed by atoms with Gasteiger partial charge < -0.3 is 0 Å². The van der Waals surface area contributed by atoms with Gasteiger partial charge in [0, 0.05) is 0 Å². The van der Waals surface area contributed by atoms with Crippen molar-refractivity contribution in [1.82, 2.24) is 0 Å². The van der Waals surface area contributed by atoms with E-state index in [4.69, 9.17) is 13.1 Å². The van der Waals surface area contributed by atoms with Crippen LogP contribution in [-0.4, -0.2) is 43.5 Å². The summed E-state index contributed by atoms with van der Waals surface area (Å²) in [6, 6.07) is 28.4. The van der Waals surface area contributed by atoms with Crippen molar-refractivity contribution in [3.05, 3.63) is 152 Å². The number of anilines is 2. The summed E-state index contributed by atoms with van der Waals surface area (Å²) >= 11 is -7.33. The maximum absolute atomic E-state index is 14.7. The van der Waals surface area contributed by atoms with Gasteiger partial charge in [-0.15, -0.1) is 0 Å². The number of rotatable bonds is 8. The van der Waals surface area contributed by atoms with Gasteiger partial charge in [-0.25, -0.2) is 0 Å². The predicted octanol–water partition coefficient (Wildman–Crippen LogP) is 13.5. The molecule has 7 rings (SSSR count).